The Morgan fingerprint density at radius 2 is 1.96 bits per heavy atom. The highest BCUT2D eigenvalue weighted by atomic mass is 127. The number of piperidine rings is 1. The molecule has 1 fully saturated rings. The number of nitrogens with one attached hydrogen (secondary N) is 1. The minimum Gasteiger partial charge on any atom is -0.385 e. The molecule has 25 heavy (non-hydrogen) atoms. The first-order chi connectivity index (χ1) is 11.7. The predicted octanol–water partition coefficient (Wildman–Crippen LogP) is 3.21. The molecule has 0 bridgehead atoms. The Bertz CT molecular complexity index is 517. The van der Waals surface area contributed by atoms with Crippen molar-refractivity contribution in [3.05, 3.63) is 35.4 Å². The monoisotopic (exact) mass is 461 g/mol. The number of hydrogen-bond acceptors (Lipinski definition) is 3. The molecule has 1 N–H and O–H groups in total. The molecule has 0 saturated carbocycles. The molecule has 0 radical (unpaired) electrons. The fraction of sp³-hybridized carbons (Fsp3) is 0.632. The van der Waals surface area contributed by atoms with Gasteiger partial charge in [-0.2, -0.15) is 0 Å². The number of methoxy groups -OCH3 is 1. The first-order valence-electron chi connectivity index (χ1n) is 8.85. The fourth-order valence-electron chi connectivity index (χ4n) is 3.00. The van der Waals surface area contributed by atoms with Gasteiger partial charge in [0.2, 0.25) is 0 Å². The van der Waals surface area contributed by atoms with Crippen LogP contribution in [0.2, 0.25) is 0 Å². The fourth-order valence-corrected chi connectivity index (χ4v) is 3.00. The van der Waals surface area contributed by atoms with Gasteiger partial charge >= 0.3 is 0 Å². The van der Waals surface area contributed by atoms with Crippen LogP contribution in [0.15, 0.2) is 29.3 Å². The minimum absolute atomic E-state index is 0. The Morgan fingerprint density at radius 3 is 2.60 bits per heavy atom. The molecule has 1 aliphatic rings. The van der Waals surface area contributed by atoms with Crippen LogP contribution >= 0.6 is 24.0 Å². The molecule has 0 atom stereocenters. The van der Waals surface area contributed by atoms with Gasteiger partial charge in [-0.1, -0.05) is 24.3 Å². The Hall–Kier alpha value is -0.860. The Balaban J connectivity index is 0.00000312. The lowest BCUT2D eigenvalue weighted by molar-refractivity contribution is 0.00990. The maximum Gasteiger partial charge on any atom is 0.193 e. The van der Waals surface area contributed by atoms with Gasteiger partial charge < -0.3 is 19.7 Å². The van der Waals surface area contributed by atoms with Crippen molar-refractivity contribution in [2.75, 3.05) is 40.5 Å². The van der Waals surface area contributed by atoms with Gasteiger partial charge in [0, 0.05) is 47.0 Å². The van der Waals surface area contributed by atoms with Gasteiger partial charge in [-0.05, 0) is 37.3 Å². The molecule has 142 valence electrons. The highest BCUT2D eigenvalue weighted by Crippen LogP contribution is 2.14. The SMILES string of the molecule is CN=C(NCc1ccccc1C)N1CCC(OCCCOC)CC1.I. The smallest absolute Gasteiger partial charge is 0.193 e. The van der Waals surface area contributed by atoms with Gasteiger partial charge in [-0.15, -0.1) is 24.0 Å². The summed E-state index contributed by atoms with van der Waals surface area (Å²) in [5.74, 6) is 0.982. The normalized spacial score (nSPS) is 15.8. The maximum absolute atomic E-state index is 5.92. The van der Waals surface area contributed by atoms with Crippen LogP contribution in [0.4, 0.5) is 0 Å². The number of likely N-dealkylation sites (tertiary alicyclic amines) is 1. The van der Waals surface area contributed by atoms with Crippen molar-refractivity contribution in [1.82, 2.24) is 10.2 Å². The third-order valence-electron chi connectivity index (χ3n) is 4.50. The van der Waals surface area contributed by atoms with E-state index in [0.29, 0.717) is 6.10 Å². The van der Waals surface area contributed by atoms with E-state index in [-0.39, 0.29) is 24.0 Å². The summed E-state index contributed by atoms with van der Waals surface area (Å²) in [7, 11) is 3.58. The van der Waals surface area contributed by atoms with Crippen LogP contribution in [0.3, 0.4) is 0 Å². The molecule has 5 nitrogen and oxygen atoms in total. The second-order valence-electron chi connectivity index (χ2n) is 6.23. The van der Waals surface area contributed by atoms with Crippen LogP contribution in [0.1, 0.15) is 30.4 Å². The highest BCUT2D eigenvalue weighted by Gasteiger charge is 2.21. The molecule has 1 aromatic rings. The van der Waals surface area contributed by atoms with Crippen molar-refractivity contribution in [3.63, 3.8) is 0 Å². The van der Waals surface area contributed by atoms with Crippen molar-refractivity contribution in [2.24, 2.45) is 4.99 Å². The molecule has 1 aliphatic heterocycles. The Labute approximate surface area is 169 Å². The number of benzene rings is 1. The number of ether oxygens (including phenoxy) is 2. The van der Waals surface area contributed by atoms with Gasteiger partial charge in [-0.3, -0.25) is 4.99 Å². The molecule has 6 heteroatoms. The number of hydrogen-bond donors (Lipinski definition) is 1. The zero-order valence-electron chi connectivity index (χ0n) is 15.7. The molecular formula is C19H32IN3O2. The summed E-state index contributed by atoms with van der Waals surface area (Å²) in [5, 5.41) is 3.49. The molecule has 1 saturated heterocycles. The first-order valence-corrected chi connectivity index (χ1v) is 8.85. The quantitative estimate of drug-likeness (QED) is 0.293. The van der Waals surface area contributed by atoms with E-state index in [1.807, 2.05) is 7.05 Å². The van der Waals surface area contributed by atoms with Crippen molar-refractivity contribution >= 4 is 29.9 Å². The first kappa shape index (κ1) is 22.2. The van der Waals surface area contributed by atoms with E-state index < -0.39 is 0 Å². The van der Waals surface area contributed by atoms with E-state index in [9.17, 15) is 0 Å². The zero-order chi connectivity index (χ0) is 17.2. The minimum atomic E-state index is 0. The number of aryl methyl sites for hydroxylation is 1. The van der Waals surface area contributed by atoms with E-state index in [1.165, 1.54) is 11.1 Å². The summed E-state index contributed by atoms with van der Waals surface area (Å²) < 4.78 is 11.0. The average Bonchev–Trinajstić information content (AvgIpc) is 2.62. The number of rotatable bonds is 7. The standard InChI is InChI=1S/C19H31N3O2.HI/c1-16-7-4-5-8-17(16)15-21-19(20-2)22-11-9-18(10-12-22)24-14-6-13-23-3;/h4-5,7-8,18H,6,9-15H2,1-3H3,(H,20,21);1H. The van der Waals surface area contributed by atoms with Crippen LogP contribution in [-0.4, -0.2) is 57.4 Å². The Kier molecular flexibility index (Phi) is 11.1. The lowest BCUT2D eigenvalue weighted by Crippen LogP contribution is -2.46. The molecular weight excluding hydrogens is 429 g/mol. The van der Waals surface area contributed by atoms with Crippen LogP contribution in [0.25, 0.3) is 0 Å². The second kappa shape index (κ2) is 12.5. The number of nitrogens with zero attached hydrogens (tertiary/aromatic N) is 2. The molecule has 0 aliphatic carbocycles. The molecule has 1 heterocycles. The molecule has 0 unspecified atom stereocenters. The summed E-state index contributed by atoms with van der Waals surface area (Å²) in [6, 6.07) is 8.46. The van der Waals surface area contributed by atoms with Crippen LogP contribution in [0.5, 0.6) is 0 Å². The lowest BCUT2D eigenvalue weighted by Gasteiger charge is -2.34. The van der Waals surface area contributed by atoms with Crippen LogP contribution < -0.4 is 5.32 Å². The zero-order valence-corrected chi connectivity index (χ0v) is 18.0. The van der Waals surface area contributed by atoms with Gasteiger partial charge in [0.1, 0.15) is 0 Å². The average molecular weight is 461 g/mol. The summed E-state index contributed by atoms with van der Waals surface area (Å²) in [4.78, 5) is 6.77. The largest absolute Gasteiger partial charge is 0.385 e. The number of guanidine groups is 1. The summed E-state index contributed by atoms with van der Waals surface area (Å²) in [5.41, 5.74) is 2.62. The van der Waals surface area contributed by atoms with Crippen molar-refractivity contribution in [1.29, 1.82) is 0 Å². The second-order valence-corrected chi connectivity index (χ2v) is 6.23. The summed E-state index contributed by atoms with van der Waals surface area (Å²) in [6.07, 6.45) is 3.44. The molecule has 0 amide bonds. The number of aliphatic imine (C=N–C) groups is 1. The van der Waals surface area contributed by atoms with Crippen LogP contribution in [-0.2, 0) is 16.0 Å². The van der Waals surface area contributed by atoms with E-state index in [0.717, 1.165) is 58.1 Å². The molecule has 0 spiro atoms. The van der Waals surface area contributed by atoms with Gasteiger partial charge in [-0.25, -0.2) is 0 Å². The predicted molar refractivity (Wildman–Crippen MR) is 114 cm³/mol. The summed E-state index contributed by atoms with van der Waals surface area (Å²) in [6.45, 7) is 6.50. The Morgan fingerprint density at radius 1 is 1.24 bits per heavy atom. The third kappa shape index (κ3) is 7.50. The van der Waals surface area contributed by atoms with Crippen molar-refractivity contribution < 1.29 is 9.47 Å². The lowest BCUT2D eigenvalue weighted by atomic mass is 10.1. The number of halogens is 1. The molecule has 2 rings (SSSR count). The summed E-state index contributed by atoms with van der Waals surface area (Å²) >= 11 is 0. The highest BCUT2D eigenvalue weighted by molar-refractivity contribution is 14.0. The maximum atomic E-state index is 5.92. The van der Waals surface area contributed by atoms with E-state index in [1.54, 1.807) is 7.11 Å². The van der Waals surface area contributed by atoms with E-state index in [4.69, 9.17) is 9.47 Å². The van der Waals surface area contributed by atoms with E-state index >= 15 is 0 Å². The van der Waals surface area contributed by atoms with Gasteiger partial charge in [0.05, 0.1) is 6.10 Å². The topological polar surface area (TPSA) is 46.1 Å². The van der Waals surface area contributed by atoms with Crippen LogP contribution in [0, 0.1) is 6.92 Å². The van der Waals surface area contributed by atoms with Gasteiger partial charge in [0.15, 0.2) is 5.96 Å². The van der Waals surface area contributed by atoms with E-state index in [2.05, 4.69) is 46.4 Å². The van der Waals surface area contributed by atoms with Crippen molar-refractivity contribution in [3.8, 4) is 0 Å². The third-order valence-corrected chi connectivity index (χ3v) is 4.50. The van der Waals surface area contributed by atoms with Gasteiger partial charge in [0.25, 0.3) is 0 Å². The van der Waals surface area contributed by atoms with Crippen molar-refractivity contribution in [2.45, 2.75) is 38.8 Å². The molecule has 1 aromatic carbocycles. The molecule has 0 aromatic heterocycles.